The van der Waals surface area contributed by atoms with E-state index in [-0.39, 0.29) is 24.3 Å². The molecule has 0 saturated heterocycles. The molecule has 7 nitrogen and oxygen atoms in total. The predicted molar refractivity (Wildman–Crippen MR) is 94.4 cm³/mol. The molecule has 0 aliphatic rings. The Labute approximate surface area is 148 Å². The number of nitrogens with zero attached hydrogens (tertiary/aromatic N) is 2. The lowest BCUT2D eigenvalue weighted by molar-refractivity contribution is 0.0906. The van der Waals surface area contributed by atoms with Gasteiger partial charge in [-0.05, 0) is 32.0 Å². The molecule has 8 heteroatoms. The van der Waals surface area contributed by atoms with Crippen LogP contribution < -0.4 is 15.8 Å². The normalized spacial score (nSPS) is 11.9. The summed E-state index contributed by atoms with van der Waals surface area (Å²) in [6.07, 6.45) is 0. The van der Waals surface area contributed by atoms with Gasteiger partial charge in [0.15, 0.2) is 5.76 Å². The minimum absolute atomic E-state index is 0.251. The van der Waals surface area contributed by atoms with E-state index < -0.39 is 0 Å². The Balaban J connectivity index is 1.64. The molecule has 0 fully saturated rings. The zero-order valence-corrected chi connectivity index (χ0v) is 14.7. The lowest BCUT2D eigenvalue weighted by atomic mass is 10.2. The van der Waals surface area contributed by atoms with Gasteiger partial charge in [-0.2, -0.15) is 0 Å². The first kappa shape index (κ1) is 17.0. The second-order valence-corrected chi connectivity index (χ2v) is 6.54. The molecule has 1 atom stereocenters. The minimum Gasteiger partial charge on any atom is -0.486 e. The van der Waals surface area contributed by atoms with Crippen LogP contribution in [-0.4, -0.2) is 16.1 Å². The number of nitrogen functional groups attached to an aromatic ring is 1. The topological polar surface area (TPSA) is 103 Å². The highest BCUT2D eigenvalue weighted by atomic mass is 32.1. The van der Waals surface area contributed by atoms with Crippen molar-refractivity contribution in [1.82, 2.24) is 15.5 Å². The van der Waals surface area contributed by atoms with Crippen molar-refractivity contribution >= 4 is 22.4 Å². The third kappa shape index (κ3) is 4.16. The summed E-state index contributed by atoms with van der Waals surface area (Å²) in [6.45, 7) is 3.88. The van der Waals surface area contributed by atoms with Crippen molar-refractivity contribution in [2.75, 3.05) is 5.73 Å². The van der Waals surface area contributed by atoms with Crippen LogP contribution in [-0.2, 0) is 6.61 Å². The van der Waals surface area contributed by atoms with Gasteiger partial charge in [-0.1, -0.05) is 29.5 Å². The third-order valence-electron chi connectivity index (χ3n) is 3.47. The number of furan rings is 1. The molecule has 0 unspecified atom stereocenters. The summed E-state index contributed by atoms with van der Waals surface area (Å²) < 4.78 is 11.3. The summed E-state index contributed by atoms with van der Waals surface area (Å²) in [5, 5.41) is 11.5. The van der Waals surface area contributed by atoms with E-state index in [2.05, 4.69) is 15.5 Å². The number of aryl methyl sites for hydroxylation is 1. The van der Waals surface area contributed by atoms with Gasteiger partial charge in [0.05, 0.1) is 6.04 Å². The number of nitrogens with one attached hydrogen (secondary N) is 1. The molecule has 3 N–H and O–H groups in total. The standard InChI is InChI=1S/C17H18N4O3S/c1-10-8-13(9-23-12-6-4-3-5-7-12)24-14(10)15(22)19-11(2)16-20-21-17(18)25-16/h3-8,11H,9H2,1-2H3,(H2,18,21)(H,19,22)/t11-/m1/s1. The quantitative estimate of drug-likeness (QED) is 0.702. The van der Waals surface area contributed by atoms with Crippen LogP contribution in [0, 0.1) is 6.92 Å². The minimum atomic E-state index is -0.315. The van der Waals surface area contributed by atoms with Gasteiger partial charge in [0, 0.05) is 5.56 Å². The van der Waals surface area contributed by atoms with Crippen molar-refractivity contribution in [1.29, 1.82) is 0 Å². The number of hydrogen-bond acceptors (Lipinski definition) is 7. The molecule has 0 bridgehead atoms. The van der Waals surface area contributed by atoms with Gasteiger partial charge in [0.2, 0.25) is 5.13 Å². The maximum Gasteiger partial charge on any atom is 0.287 e. The van der Waals surface area contributed by atoms with E-state index in [1.54, 1.807) is 6.07 Å². The maximum atomic E-state index is 12.4. The second-order valence-electron chi connectivity index (χ2n) is 5.50. The van der Waals surface area contributed by atoms with E-state index in [4.69, 9.17) is 14.9 Å². The number of benzene rings is 1. The van der Waals surface area contributed by atoms with Crippen LogP contribution in [0.5, 0.6) is 5.75 Å². The van der Waals surface area contributed by atoms with Gasteiger partial charge in [0.1, 0.15) is 23.1 Å². The van der Waals surface area contributed by atoms with E-state index in [1.807, 2.05) is 44.2 Å². The highest BCUT2D eigenvalue weighted by Gasteiger charge is 2.20. The number of aromatic nitrogens is 2. The van der Waals surface area contributed by atoms with E-state index in [1.165, 1.54) is 11.3 Å². The number of ether oxygens (including phenoxy) is 1. The van der Waals surface area contributed by atoms with Gasteiger partial charge in [0.25, 0.3) is 5.91 Å². The number of carbonyl (C=O) groups is 1. The summed E-state index contributed by atoms with van der Waals surface area (Å²) in [7, 11) is 0. The lowest BCUT2D eigenvalue weighted by Gasteiger charge is -2.09. The number of amides is 1. The summed E-state index contributed by atoms with van der Waals surface area (Å²) >= 11 is 1.24. The number of hydrogen-bond donors (Lipinski definition) is 2. The van der Waals surface area contributed by atoms with Crippen molar-refractivity contribution in [3.8, 4) is 5.75 Å². The molecule has 0 spiro atoms. The van der Waals surface area contributed by atoms with Crippen molar-refractivity contribution in [3.05, 3.63) is 58.5 Å². The Morgan fingerprint density at radius 1 is 1.36 bits per heavy atom. The Morgan fingerprint density at radius 3 is 2.80 bits per heavy atom. The molecule has 130 valence electrons. The average Bonchev–Trinajstić information content (AvgIpc) is 3.20. The van der Waals surface area contributed by atoms with E-state index >= 15 is 0 Å². The van der Waals surface area contributed by atoms with Gasteiger partial charge < -0.3 is 20.2 Å². The SMILES string of the molecule is Cc1cc(COc2ccccc2)oc1C(=O)N[C@H](C)c1nnc(N)s1. The molecule has 1 aromatic carbocycles. The van der Waals surface area contributed by atoms with Gasteiger partial charge in [-0.3, -0.25) is 4.79 Å². The van der Waals surface area contributed by atoms with Gasteiger partial charge >= 0.3 is 0 Å². The highest BCUT2D eigenvalue weighted by molar-refractivity contribution is 7.15. The molecule has 0 aliphatic carbocycles. The van der Waals surface area contributed by atoms with Crippen LogP contribution in [0.2, 0.25) is 0 Å². The van der Waals surface area contributed by atoms with Crippen molar-refractivity contribution in [2.45, 2.75) is 26.5 Å². The van der Waals surface area contributed by atoms with Crippen LogP contribution in [0.15, 0.2) is 40.8 Å². The summed E-state index contributed by atoms with van der Waals surface area (Å²) in [4.78, 5) is 12.4. The second kappa shape index (κ2) is 7.35. The van der Waals surface area contributed by atoms with Crippen LogP contribution in [0.1, 0.15) is 39.9 Å². The Bertz CT molecular complexity index is 860. The van der Waals surface area contributed by atoms with Crippen LogP contribution in [0.4, 0.5) is 5.13 Å². The zero-order valence-electron chi connectivity index (χ0n) is 13.9. The smallest absolute Gasteiger partial charge is 0.287 e. The fourth-order valence-electron chi connectivity index (χ4n) is 2.26. The number of nitrogens with two attached hydrogens (primary N) is 1. The zero-order chi connectivity index (χ0) is 17.8. The fraction of sp³-hybridized carbons (Fsp3) is 0.235. The molecule has 0 saturated carbocycles. The van der Waals surface area contributed by atoms with Gasteiger partial charge in [-0.15, -0.1) is 10.2 Å². The molecule has 2 heterocycles. The molecule has 0 aliphatic heterocycles. The van der Waals surface area contributed by atoms with Crippen LogP contribution in [0.25, 0.3) is 0 Å². The van der Waals surface area contributed by atoms with Crippen molar-refractivity contribution in [2.24, 2.45) is 0 Å². The Kier molecular flexibility index (Phi) is 4.99. The van der Waals surface area contributed by atoms with E-state index in [0.717, 1.165) is 11.3 Å². The lowest BCUT2D eigenvalue weighted by Crippen LogP contribution is -2.26. The number of para-hydroxylation sites is 1. The molecule has 25 heavy (non-hydrogen) atoms. The molecule has 2 aromatic heterocycles. The fourth-order valence-corrected chi connectivity index (χ4v) is 2.87. The van der Waals surface area contributed by atoms with Gasteiger partial charge in [-0.25, -0.2) is 0 Å². The summed E-state index contributed by atoms with van der Waals surface area (Å²) in [5.41, 5.74) is 6.31. The van der Waals surface area contributed by atoms with E-state index in [0.29, 0.717) is 15.9 Å². The van der Waals surface area contributed by atoms with Crippen molar-refractivity contribution < 1.29 is 13.9 Å². The number of anilines is 1. The average molecular weight is 358 g/mol. The first-order valence-corrected chi connectivity index (χ1v) is 8.51. The third-order valence-corrected chi connectivity index (χ3v) is 4.41. The monoisotopic (exact) mass is 358 g/mol. The molecular formula is C17H18N4O3S. The van der Waals surface area contributed by atoms with Crippen molar-refractivity contribution in [3.63, 3.8) is 0 Å². The number of rotatable bonds is 6. The summed E-state index contributed by atoms with van der Waals surface area (Å²) in [5.74, 6) is 1.27. The first-order chi connectivity index (χ1) is 12.0. The van der Waals surface area contributed by atoms with Crippen LogP contribution >= 0.6 is 11.3 Å². The molecule has 3 aromatic rings. The summed E-state index contributed by atoms with van der Waals surface area (Å²) in [6, 6.07) is 10.9. The molecule has 3 rings (SSSR count). The molecule has 0 radical (unpaired) electrons. The first-order valence-electron chi connectivity index (χ1n) is 7.70. The van der Waals surface area contributed by atoms with E-state index in [9.17, 15) is 4.79 Å². The Hall–Kier alpha value is -2.87. The van der Waals surface area contributed by atoms with Crippen LogP contribution in [0.3, 0.4) is 0 Å². The molecule has 1 amide bonds. The maximum absolute atomic E-state index is 12.4. The number of carbonyl (C=O) groups excluding carboxylic acids is 1. The molecular weight excluding hydrogens is 340 g/mol. The largest absolute Gasteiger partial charge is 0.486 e. The predicted octanol–water partition coefficient (Wildman–Crippen LogP) is 3.09. The highest BCUT2D eigenvalue weighted by Crippen LogP contribution is 2.21. The Morgan fingerprint density at radius 2 is 2.12 bits per heavy atom.